The molecule has 87 heavy (non-hydrogen) atoms. The predicted octanol–water partition coefficient (Wildman–Crippen LogP) is 5.19. The molecule has 31 heteroatoms. The molecule has 0 heterocycles. The summed E-state index contributed by atoms with van der Waals surface area (Å²) in [5.41, 5.74) is 4.93. The lowest BCUT2D eigenvalue weighted by atomic mass is 9.79. The first-order valence-corrected chi connectivity index (χ1v) is 27.9. The minimum absolute atomic E-state index is 0.00498. The lowest BCUT2D eigenvalue weighted by molar-refractivity contribution is -0.159. The van der Waals surface area contributed by atoms with Gasteiger partial charge >= 0.3 is 17.9 Å². The lowest BCUT2D eigenvalue weighted by Crippen LogP contribution is -2.43. The summed E-state index contributed by atoms with van der Waals surface area (Å²) in [6, 6.07) is 7.23. The van der Waals surface area contributed by atoms with Crippen molar-refractivity contribution < 1.29 is 99.7 Å². The molecule has 0 saturated heterocycles. The third-order valence-corrected chi connectivity index (χ3v) is 13.7. The molecular formula is C56H72ClF4N9O17. The highest BCUT2D eigenvalue weighted by atomic mass is 35.5. The van der Waals surface area contributed by atoms with Gasteiger partial charge < -0.3 is 65.6 Å². The van der Waals surface area contributed by atoms with E-state index in [9.17, 15) is 76.0 Å². The maximum atomic E-state index is 14.7. The van der Waals surface area contributed by atoms with E-state index in [1.807, 2.05) is 5.32 Å². The van der Waals surface area contributed by atoms with Crippen LogP contribution in [0.5, 0.6) is 17.2 Å². The van der Waals surface area contributed by atoms with Gasteiger partial charge in [-0.15, -0.1) is 0 Å². The van der Waals surface area contributed by atoms with Crippen molar-refractivity contribution in [2.45, 2.75) is 66.2 Å². The fraction of sp³-hybridized carbons (Fsp3) is 0.518. The van der Waals surface area contributed by atoms with Gasteiger partial charge in [0.15, 0.2) is 40.6 Å². The first-order valence-electron chi connectivity index (χ1n) is 27.6. The summed E-state index contributed by atoms with van der Waals surface area (Å²) in [6.07, 6.45) is -0.833. The average Bonchev–Trinajstić information content (AvgIpc) is 1.56. The third-order valence-electron chi connectivity index (χ3n) is 13.5. The summed E-state index contributed by atoms with van der Waals surface area (Å²) >= 11 is 5.68. The van der Waals surface area contributed by atoms with Crippen LogP contribution in [0, 0.1) is 58.8 Å². The van der Waals surface area contributed by atoms with E-state index in [0.717, 1.165) is 12.1 Å². The van der Waals surface area contributed by atoms with Gasteiger partial charge in [-0.05, 0) is 80.1 Å². The molecule has 6 unspecified atom stereocenters. The molecule has 0 fully saturated rings. The van der Waals surface area contributed by atoms with Crippen LogP contribution in [0.2, 0.25) is 0 Å². The summed E-state index contributed by atoms with van der Waals surface area (Å²) in [4.78, 5) is 126. The molecule has 3 aromatic rings. The van der Waals surface area contributed by atoms with Crippen molar-refractivity contribution in [1.29, 1.82) is 0 Å². The molecule has 0 bridgehead atoms. The molecule has 3 rings (SSSR count). The van der Waals surface area contributed by atoms with Crippen LogP contribution in [0.15, 0.2) is 41.5 Å². The van der Waals surface area contributed by atoms with E-state index in [1.54, 1.807) is 20.8 Å². The highest BCUT2D eigenvalue weighted by Gasteiger charge is 2.37. The quantitative estimate of drug-likeness (QED) is 0.00303. The normalized spacial score (nSPS) is 13.0. The van der Waals surface area contributed by atoms with Crippen LogP contribution in [-0.2, 0) is 52.5 Å². The van der Waals surface area contributed by atoms with Gasteiger partial charge in [-0.1, -0.05) is 44.9 Å². The van der Waals surface area contributed by atoms with Crippen LogP contribution < -0.4 is 31.4 Å². The van der Waals surface area contributed by atoms with Crippen LogP contribution in [-0.4, -0.2) is 155 Å². The number of nitrogens with zero attached hydrogens (tertiary/aromatic N) is 3. The molecule has 26 nitrogen and oxygen atoms in total. The number of nitrogens with one attached hydrogen (secondary N) is 6. The van der Waals surface area contributed by atoms with Crippen molar-refractivity contribution in [3.63, 3.8) is 0 Å². The van der Waals surface area contributed by atoms with Gasteiger partial charge in [0.1, 0.15) is 31.1 Å². The third kappa shape index (κ3) is 22.8. The van der Waals surface area contributed by atoms with Gasteiger partial charge in [-0.25, -0.2) is 22.4 Å². The maximum Gasteiger partial charge on any atom is 0.309 e. The number of esters is 3. The van der Waals surface area contributed by atoms with E-state index in [1.165, 1.54) is 38.3 Å². The number of hydrogen-bond donors (Lipinski definition) is 9. The Balaban J connectivity index is 1.94. The van der Waals surface area contributed by atoms with Crippen molar-refractivity contribution >= 4 is 70.7 Å². The number of rotatable bonds is 39. The Morgan fingerprint density at radius 3 is 1.56 bits per heavy atom. The topological polar surface area (TPSA) is 381 Å². The molecule has 5 amide bonds. The Kier molecular flexibility index (Phi) is 31.8. The lowest BCUT2D eigenvalue weighted by Gasteiger charge is -2.28. The zero-order chi connectivity index (χ0) is 64.8. The van der Waals surface area contributed by atoms with E-state index in [2.05, 4.69) is 36.1 Å². The van der Waals surface area contributed by atoms with Crippen LogP contribution in [0.25, 0.3) is 10.4 Å². The van der Waals surface area contributed by atoms with Crippen molar-refractivity contribution in [2.24, 2.45) is 40.6 Å². The maximum absolute atomic E-state index is 14.7. The predicted molar refractivity (Wildman–Crippen MR) is 301 cm³/mol. The number of methoxy groups -OCH3 is 1. The largest absolute Gasteiger partial charge is 0.504 e. The molecule has 478 valence electrons. The highest BCUT2D eigenvalue weighted by Crippen LogP contribution is 2.38. The minimum atomic E-state index is -2.16. The highest BCUT2D eigenvalue weighted by molar-refractivity contribution is 6.13. The summed E-state index contributed by atoms with van der Waals surface area (Å²) in [7, 11) is 1.48. The fourth-order valence-corrected chi connectivity index (χ4v) is 8.53. The monoisotopic (exact) mass is 1250 g/mol. The Hall–Kier alpha value is -8.31. The van der Waals surface area contributed by atoms with E-state index in [-0.39, 0.29) is 108 Å². The number of amides is 5. The number of phenolic OH excluding ortho intramolecular Hbond substituents is 3. The second-order valence-corrected chi connectivity index (χ2v) is 19.9. The van der Waals surface area contributed by atoms with Crippen molar-refractivity contribution in [2.75, 3.05) is 86.0 Å². The molecule has 0 radical (unpaired) electrons. The average molecular weight is 1250 g/mol. The van der Waals surface area contributed by atoms with E-state index in [0.29, 0.717) is 6.42 Å². The number of aromatic hydroxyl groups is 3. The number of halogens is 5. The van der Waals surface area contributed by atoms with Gasteiger partial charge in [0, 0.05) is 80.2 Å². The number of hydrogen-bond acceptors (Lipinski definition) is 19. The van der Waals surface area contributed by atoms with Gasteiger partial charge in [0.25, 0.3) is 11.8 Å². The standard InChI is InChI=1S/C56H72ClF4N9O17/c1-6-30(3)54(80)86-24-25-87-56(82)37(26-31(4)55(81)85-23-22-84-21-20-83-5)29-36(52(78)66-18-19-68-57)28-35(27-32(7-2)49(75)63-16-17-67-53(79)40-41(58)43(60)45(69-70-62)44(61)42(40)59)51(77)65-15-14-64-50(76)34-10-8-33(9-11-34)46(72)38-12-13-39(71)48(74)47(38)73/h8-13,30-32,35-37,68,71,73-74H,6-7,14-29H2,1-5H3,(H,63,75)(H,64,76)(H,65,77)(H,66,78)(H,67,79). The van der Waals surface area contributed by atoms with E-state index >= 15 is 0 Å². The number of benzene rings is 3. The molecule has 0 saturated carbocycles. The minimum Gasteiger partial charge on any atom is -0.504 e. The zero-order valence-electron chi connectivity index (χ0n) is 48.4. The molecular weight excluding hydrogens is 1180 g/mol. The Morgan fingerprint density at radius 2 is 1.02 bits per heavy atom. The SMILES string of the molecule is CCC(C)C(=O)OCCOC(=O)C(CC(C)C(=O)OCCOCCOC)CC(CC(CC(CC)C(=O)NCCNC(=O)c1c(F)c(F)c(N=[N+]=[N-])c(F)c1F)C(=O)NCCNC(=O)c1ccc(C(=O)c2ccc(O)c(O)c2O)cc1)C(=O)NCCNCl. The fourth-order valence-electron chi connectivity index (χ4n) is 8.43. The molecule has 3 aromatic carbocycles. The second-order valence-electron chi connectivity index (χ2n) is 19.6. The van der Waals surface area contributed by atoms with Gasteiger partial charge in [0.05, 0.1) is 43.1 Å². The Morgan fingerprint density at radius 1 is 0.552 bits per heavy atom. The van der Waals surface area contributed by atoms with Crippen molar-refractivity contribution in [3.05, 3.63) is 92.4 Å². The van der Waals surface area contributed by atoms with Gasteiger partial charge in [-0.2, -0.15) is 0 Å². The van der Waals surface area contributed by atoms with E-state index < -0.39 is 160 Å². The zero-order valence-corrected chi connectivity index (χ0v) is 49.2. The van der Waals surface area contributed by atoms with Crippen molar-refractivity contribution in [3.8, 4) is 17.2 Å². The summed E-state index contributed by atoms with van der Waals surface area (Å²) < 4.78 is 84.7. The molecule has 0 spiro atoms. The van der Waals surface area contributed by atoms with Crippen LogP contribution >= 0.6 is 11.8 Å². The van der Waals surface area contributed by atoms with E-state index in [4.69, 9.17) is 41.0 Å². The van der Waals surface area contributed by atoms with Crippen LogP contribution in [0.3, 0.4) is 0 Å². The Bertz CT molecular complexity index is 2900. The van der Waals surface area contributed by atoms with Gasteiger partial charge in [-0.3, -0.25) is 43.2 Å². The molecule has 9 N–H and O–H groups in total. The summed E-state index contributed by atoms with van der Waals surface area (Å²) in [6.45, 7) is 4.64. The summed E-state index contributed by atoms with van der Waals surface area (Å²) in [5.74, 6) is -24.8. The number of ether oxygens (including phenoxy) is 5. The number of carbonyl (C=O) groups excluding carboxylic acids is 9. The Labute approximate surface area is 502 Å². The van der Waals surface area contributed by atoms with Crippen LogP contribution in [0.4, 0.5) is 23.2 Å². The molecule has 6 atom stereocenters. The molecule has 0 aromatic heterocycles. The molecule has 0 aliphatic rings. The smallest absolute Gasteiger partial charge is 0.309 e. The van der Waals surface area contributed by atoms with Crippen molar-refractivity contribution in [1.82, 2.24) is 31.4 Å². The second kappa shape index (κ2) is 38.0. The van der Waals surface area contributed by atoms with Gasteiger partial charge in [0.2, 0.25) is 23.5 Å². The number of carbonyl (C=O) groups is 9. The summed E-state index contributed by atoms with van der Waals surface area (Å²) in [5, 5.41) is 44.8. The first kappa shape index (κ1) is 72.9. The van der Waals surface area contributed by atoms with Crippen LogP contribution in [0.1, 0.15) is 103 Å². The number of phenols is 3. The number of azide groups is 1. The molecule has 0 aliphatic heterocycles. The first-order chi connectivity index (χ1) is 41.5. The number of ketones is 1. The molecule has 0 aliphatic carbocycles.